The summed E-state index contributed by atoms with van der Waals surface area (Å²) in [6.07, 6.45) is 1.00. The lowest BCUT2D eigenvalue weighted by Gasteiger charge is -2.25. The zero-order valence-corrected chi connectivity index (χ0v) is 15.1. The van der Waals surface area contributed by atoms with Crippen molar-refractivity contribution in [2.75, 3.05) is 10.8 Å². The molecule has 23 heavy (non-hydrogen) atoms. The summed E-state index contributed by atoms with van der Waals surface area (Å²) in [6, 6.07) is 16.5. The lowest BCUT2D eigenvalue weighted by atomic mass is 9.82. The van der Waals surface area contributed by atoms with Crippen LogP contribution in [0.2, 0.25) is 0 Å². The van der Waals surface area contributed by atoms with Crippen molar-refractivity contribution in [2.24, 2.45) is 0 Å². The van der Waals surface area contributed by atoms with E-state index in [1.807, 2.05) is 49.4 Å². The maximum atomic E-state index is 12.9. The van der Waals surface area contributed by atoms with Crippen molar-refractivity contribution < 1.29 is 8.42 Å². The van der Waals surface area contributed by atoms with E-state index in [-0.39, 0.29) is 5.41 Å². The summed E-state index contributed by atoms with van der Waals surface area (Å²) in [5.74, 6) is 0. The molecule has 0 amide bonds. The fourth-order valence-corrected chi connectivity index (χ4v) is 3.97. The van der Waals surface area contributed by atoms with Crippen molar-refractivity contribution >= 4 is 15.7 Å². The number of sulfonamides is 1. The largest absolute Gasteiger partial charge is 0.267 e. The Morgan fingerprint density at radius 3 is 1.96 bits per heavy atom. The highest BCUT2D eigenvalue weighted by Gasteiger charge is 2.24. The summed E-state index contributed by atoms with van der Waals surface area (Å²) in [6.45, 7) is 8.71. The van der Waals surface area contributed by atoms with Gasteiger partial charge in [-0.1, -0.05) is 51.1 Å². The van der Waals surface area contributed by atoms with Crippen molar-refractivity contribution in [3.05, 3.63) is 60.2 Å². The normalized spacial score (nSPS) is 12.2. The molecule has 2 aromatic carbocycles. The molecule has 124 valence electrons. The molecular weight excluding hydrogens is 306 g/mol. The summed E-state index contributed by atoms with van der Waals surface area (Å²) in [5.41, 5.74) is 1.89. The molecule has 0 aromatic heterocycles. The maximum absolute atomic E-state index is 12.9. The van der Waals surface area contributed by atoms with Crippen LogP contribution in [0.3, 0.4) is 0 Å². The molecule has 0 aliphatic carbocycles. The Morgan fingerprint density at radius 1 is 0.913 bits per heavy atom. The van der Waals surface area contributed by atoms with Crippen LogP contribution in [-0.2, 0) is 15.4 Å². The van der Waals surface area contributed by atoms with E-state index in [0.29, 0.717) is 17.1 Å². The second kappa shape index (κ2) is 6.75. The first-order chi connectivity index (χ1) is 10.8. The number of nitrogens with zero attached hydrogens (tertiary/aromatic N) is 1. The number of anilines is 1. The first-order valence-corrected chi connectivity index (χ1v) is 9.45. The van der Waals surface area contributed by atoms with Gasteiger partial charge in [0.05, 0.1) is 10.6 Å². The topological polar surface area (TPSA) is 37.4 Å². The Hall–Kier alpha value is -1.81. The minimum absolute atomic E-state index is 0.0478. The van der Waals surface area contributed by atoms with Crippen molar-refractivity contribution in [3.63, 3.8) is 0 Å². The minimum atomic E-state index is -3.54. The molecule has 0 spiro atoms. The van der Waals surface area contributed by atoms with Crippen LogP contribution in [0.5, 0.6) is 0 Å². The molecule has 2 rings (SSSR count). The zero-order chi connectivity index (χ0) is 17.1. The van der Waals surface area contributed by atoms with Crippen LogP contribution in [0.15, 0.2) is 59.5 Å². The molecule has 2 aromatic rings. The molecule has 0 aliphatic heterocycles. The van der Waals surface area contributed by atoms with Crippen LogP contribution >= 0.6 is 0 Å². The Morgan fingerprint density at radius 2 is 1.48 bits per heavy atom. The van der Waals surface area contributed by atoms with Gasteiger partial charge in [0.2, 0.25) is 0 Å². The summed E-state index contributed by atoms with van der Waals surface area (Å²) in [7, 11) is -3.54. The predicted molar refractivity (Wildman–Crippen MR) is 96.4 cm³/mol. The third-order valence-corrected chi connectivity index (χ3v) is 6.36. The molecular formula is C19H25NO2S. The van der Waals surface area contributed by atoms with Crippen molar-refractivity contribution in [2.45, 2.75) is 44.4 Å². The van der Waals surface area contributed by atoms with Gasteiger partial charge in [-0.3, -0.25) is 4.31 Å². The third-order valence-electron chi connectivity index (χ3n) is 4.44. The van der Waals surface area contributed by atoms with Crippen LogP contribution in [0.4, 0.5) is 5.69 Å². The molecule has 0 atom stereocenters. The lowest BCUT2D eigenvalue weighted by molar-refractivity contribution is 0.505. The van der Waals surface area contributed by atoms with Gasteiger partial charge in [-0.2, -0.15) is 0 Å². The second-order valence-corrected chi connectivity index (χ2v) is 8.13. The van der Waals surface area contributed by atoms with Crippen LogP contribution in [0.25, 0.3) is 0 Å². The van der Waals surface area contributed by atoms with Crippen LogP contribution in [0.1, 0.15) is 39.7 Å². The fraction of sp³-hybridized carbons (Fsp3) is 0.368. The number of hydrogen-bond donors (Lipinski definition) is 0. The first-order valence-electron chi connectivity index (χ1n) is 8.01. The molecule has 0 unspecified atom stereocenters. The quantitative estimate of drug-likeness (QED) is 0.776. The molecule has 0 heterocycles. The summed E-state index contributed by atoms with van der Waals surface area (Å²) >= 11 is 0. The molecule has 0 aliphatic rings. The molecule has 4 heteroatoms. The molecule has 0 fully saturated rings. The molecule has 0 bridgehead atoms. The van der Waals surface area contributed by atoms with E-state index in [9.17, 15) is 8.42 Å². The third kappa shape index (κ3) is 3.58. The SMILES string of the molecule is CCN(c1ccccc1)S(=O)(=O)c1ccc(C(C)(C)CC)cc1. The summed E-state index contributed by atoms with van der Waals surface area (Å²) in [4.78, 5) is 0.332. The fourth-order valence-electron chi connectivity index (χ4n) is 2.50. The van der Waals surface area contributed by atoms with Crippen LogP contribution < -0.4 is 4.31 Å². The predicted octanol–water partition coefficient (Wildman–Crippen LogP) is 4.59. The number of hydrogen-bond acceptors (Lipinski definition) is 2. The molecule has 0 saturated heterocycles. The highest BCUT2D eigenvalue weighted by Crippen LogP contribution is 2.29. The summed E-state index contributed by atoms with van der Waals surface area (Å²) in [5, 5.41) is 0. The average Bonchev–Trinajstić information content (AvgIpc) is 2.56. The highest BCUT2D eigenvalue weighted by molar-refractivity contribution is 7.92. The second-order valence-electron chi connectivity index (χ2n) is 6.27. The van der Waals surface area contributed by atoms with Gasteiger partial charge < -0.3 is 0 Å². The van der Waals surface area contributed by atoms with Crippen molar-refractivity contribution in [1.29, 1.82) is 0 Å². The van der Waals surface area contributed by atoms with E-state index in [1.165, 1.54) is 4.31 Å². The van der Waals surface area contributed by atoms with Gasteiger partial charge in [0.15, 0.2) is 0 Å². The number of benzene rings is 2. The van der Waals surface area contributed by atoms with E-state index < -0.39 is 10.0 Å². The zero-order valence-electron chi connectivity index (χ0n) is 14.3. The van der Waals surface area contributed by atoms with Crippen LogP contribution in [-0.4, -0.2) is 15.0 Å². The van der Waals surface area contributed by atoms with Gasteiger partial charge in [0.25, 0.3) is 10.0 Å². The van der Waals surface area contributed by atoms with Crippen molar-refractivity contribution in [1.82, 2.24) is 0 Å². The van der Waals surface area contributed by atoms with Gasteiger partial charge in [0, 0.05) is 6.54 Å². The van der Waals surface area contributed by atoms with Crippen LogP contribution in [0, 0.1) is 0 Å². The van der Waals surface area contributed by atoms with E-state index in [0.717, 1.165) is 12.0 Å². The molecule has 3 nitrogen and oxygen atoms in total. The Labute approximate surface area is 140 Å². The van der Waals surface area contributed by atoms with Crippen molar-refractivity contribution in [3.8, 4) is 0 Å². The van der Waals surface area contributed by atoms with E-state index in [1.54, 1.807) is 12.1 Å². The molecule has 0 saturated carbocycles. The van der Waals surface area contributed by atoms with E-state index in [4.69, 9.17) is 0 Å². The minimum Gasteiger partial charge on any atom is -0.267 e. The van der Waals surface area contributed by atoms with E-state index in [2.05, 4.69) is 20.8 Å². The van der Waals surface area contributed by atoms with Gasteiger partial charge in [-0.15, -0.1) is 0 Å². The Kier molecular flexibility index (Phi) is 5.15. The van der Waals surface area contributed by atoms with Gasteiger partial charge in [-0.05, 0) is 48.6 Å². The Balaban J connectivity index is 2.39. The average molecular weight is 331 g/mol. The number of para-hydroxylation sites is 1. The summed E-state index contributed by atoms with van der Waals surface area (Å²) < 4.78 is 27.3. The molecule has 0 N–H and O–H groups in total. The lowest BCUT2D eigenvalue weighted by Crippen LogP contribution is -2.30. The standard InChI is InChI=1S/C19H25NO2S/c1-5-19(3,4)16-12-14-18(15-13-16)23(21,22)20(6-2)17-10-8-7-9-11-17/h7-15H,5-6H2,1-4H3. The number of rotatable bonds is 6. The van der Waals surface area contributed by atoms with Gasteiger partial charge in [-0.25, -0.2) is 8.42 Å². The Bertz CT molecular complexity index is 735. The monoisotopic (exact) mass is 331 g/mol. The highest BCUT2D eigenvalue weighted by atomic mass is 32.2. The molecule has 0 radical (unpaired) electrons. The van der Waals surface area contributed by atoms with Gasteiger partial charge >= 0.3 is 0 Å². The maximum Gasteiger partial charge on any atom is 0.264 e. The van der Waals surface area contributed by atoms with Gasteiger partial charge in [0.1, 0.15) is 0 Å². The smallest absolute Gasteiger partial charge is 0.264 e. The van der Waals surface area contributed by atoms with E-state index >= 15 is 0 Å². The first kappa shape index (κ1) is 17.5.